The molecule has 3 unspecified atom stereocenters. The number of carbonyl (C=O) groups is 3. The molecule has 0 saturated carbocycles. The van der Waals surface area contributed by atoms with Crippen LogP contribution in [-0.2, 0) is 23.9 Å². The number of esters is 3. The predicted molar refractivity (Wildman–Crippen MR) is 63.4 cm³/mol. The lowest BCUT2D eigenvalue weighted by atomic mass is 9.80. The SMILES string of the molecule is CC1C(=O)OC(=O)C(CC(=O)OC(C)(C)C)C1C. The molecule has 0 bridgehead atoms. The molecule has 0 radical (unpaired) electrons. The summed E-state index contributed by atoms with van der Waals surface area (Å²) in [6.07, 6.45) is -0.0467. The summed E-state index contributed by atoms with van der Waals surface area (Å²) in [5.41, 5.74) is -0.583. The molecular weight excluding hydrogens is 236 g/mol. The van der Waals surface area contributed by atoms with E-state index < -0.39 is 29.4 Å². The maximum Gasteiger partial charge on any atom is 0.317 e. The molecule has 0 aromatic heterocycles. The number of ether oxygens (including phenoxy) is 2. The van der Waals surface area contributed by atoms with Gasteiger partial charge in [0, 0.05) is 0 Å². The summed E-state index contributed by atoms with van der Waals surface area (Å²) in [5, 5.41) is 0. The second-order valence-corrected chi connectivity index (χ2v) is 5.78. The highest BCUT2D eigenvalue weighted by Crippen LogP contribution is 2.31. The van der Waals surface area contributed by atoms with Crippen molar-refractivity contribution in [2.75, 3.05) is 0 Å². The van der Waals surface area contributed by atoms with E-state index in [1.807, 2.05) is 0 Å². The summed E-state index contributed by atoms with van der Waals surface area (Å²) in [4.78, 5) is 34.6. The zero-order valence-corrected chi connectivity index (χ0v) is 11.5. The van der Waals surface area contributed by atoms with Gasteiger partial charge in [-0.15, -0.1) is 0 Å². The van der Waals surface area contributed by atoms with E-state index >= 15 is 0 Å². The summed E-state index contributed by atoms with van der Waals surface area (Å²) in [6, 6.07) is 0. The van der Waals surface area contributed by atoms with E-state index in [0.29, 0.717) is 0 Å². The molecular formula is C13H20O5. The van der Waals surface area contributed by atoms with Gasteiger partial charge in [-0.3, -0.25) is 14.4 Å². The molecule has 0 aliphatic carbocycles. The Balaban J connectivity index is 2.68. The van der Waals surface area contributed by atoms with E-state index in [1.54, 1.807) is 34.6 Å². The Bertz CT molecular complexity index is 366. The Hall–Kier alpha value is -1.39. The van der Waals surface area contributed by atoms with Gasteiger partial charge in [0.2, 0.25) is 0 Å². The fraction of sp³-hybridized carbons (Fsp3) is 0.769. The van der Waals surface area contributed by atoms with Crippen LogP contribution < -0.4 is 0 Å². The molecule has 1 aliphatic heterocycles. The van der Waals surface area contributed by atoms with Gasteiger partial charge in [-0.05, 0) is 26.7 Å². The van der Waals surface area contributed by atoms with Gasteiger partial charge in [0.15, 0.2) is 0 Å². The molecule has 102 valence electrons. The zero-order chi connectivity index (χ0) is 14.1. The molecule has 3 atom stereocenters. The summed E-state index contributed by atoms with van der Waals surface area (Å²) < 4.78 is 9.79. The number of cyclic esters (lactones) is 2. The molecule has 0 aromatic rings. The first-order chi connectivity index (χ1) is 8.11. The van der Waals surface area contributed by atoms with Crippen LogP contribution >= 0.6 is 0 Å². The smallest absolute Gasteiger partial charge is 0.317 e. The number of rotatable bonds is 2. The molecule has 18 heavy (non-hydrogen) atoms. The van der Waals surface area contributed by atoms with Crippen molar-refractivity contribution in [2.24, 2.45) is 17.8 Å². The van der Waals surface area contributed by atoms with E-state index in [2.05, 4.69) is 4.74 Å². The molecule has 1 heterocycles. The third-order valence-corrected chi connectivity index (χ3v) is 3.11. The number of hydrogen-bond donors (Lipinski definition) is 0. The van der Waals surface area contributed by atoms with Crippen LogP contribution in [0.4, 0.5) is 0 Å². The van der Waals surface area contributed by atoms with Gasteiger partial charge in [0.05, 0.1) is 18.3 Å². The van der Waals surface area contributed by atoms with Gasteiger partial charge >= 0.3 is 17.9 Å². The van der Waals surface area contributed by atoms with Crippen molar-refractivity contribution >= 4 is 17.9 Å². The van der Waals surface area contributed by atoms with Gasteiger partial charge in [-0.25, -0.2) is 0 Å². The molecule has 0 N–H and O–H groups in total. The summed E-state index contributed by atoms with van der Waals surface area (Å²) >= 11 is 0. The fourth-order valence-electron chi connectivity index (χ4n) is 1.88. The molecule has 1 rings (SSSR count). The largest absolute Gasteiger partial charge is 0.460 e. The second-order valence-electron chi connectivity index (χ2n) is 5.78. The predicted octanol–water partition coefficient (Wildman–Crippen LogP) is 1.69. The van der Waals surface area contributed by atoms with Gasteiger partial charge in [-0.1, -0.05) is 13.8 Å². The van der Waals surface area contributed by atoms with E-state index in [9.17, 15) is 14.4 Å². The summed E-state index contributed by atoms with van der Waals surface area (Å²) in [5.74, 6) is -2.80. The minimum absolute atomic E-state index is 0.0467. The van der Waals surface area contributed by atoms with Crippen molar-refractivity contribution in [1.29, 1.82) is 0 Å². The number of hydrogen-bond acceptors (Lipinski definition) is 5. The first kappa shape index (κ1) is 14.7. The third-order valence-electron chi connectivity index (χ3n) is 3.11. The highest BCUT2D eigenvalue weighted by molar-refractivity contribution is 5.92. The fourth-order valence-corrected chi connectivity index (χ4v) is 1.88. The van der Waals surface area contributed by atoms with Crippen molar-refractivity contribution in [2.45, 2.75) is 46.6 Å². The third kappa shape index (κ3) is 3.55. The lowest BCUT2D eigenvalue weighted by Gasteiger charge is -2.31. The van der Waals surface area contributed by atoms with E-state index in [1.165, 1.54) is 0 Å². The molecule has 1 saturated heterocycles. The molecule has 0 aromatic carbocycles. The molecule has 5 heteroatoms. The van der Waals surface area contributed by atoms with Crippen molar-refractivity contribution in [3.8, 4) is 0 Å². The van der Waals surface area contributed by atoms with E-state index in [0.717, 1.165) is 0 Å². The van der Waals surface area contributed by atoms with Crippen molar-refractivity contribution in [3.05, 3.63) is 0 Å². The van der Waals surface area contributed by atoms with Crippen molar-refractivity contribution in [1.82, 2.24) is 0 Å². The van der Waals surface area contributed by atoms with Crippen LogP contribution in [0.5, 0.6) is 0 Å². The highest BCUT2D eigenvalue weighted by Gasteiger charge is 2.42. The van der Waals surface area contributed by atoms with Crippen LogP contribution in [0.15, 0.2) is 0 Å². The minimum atomic E-state index is -0.628. The van der Waals surface area contributed by atoms with Crippen LogP contribution in [0.1, 0.15) is 41.0 Å². The Morgan fingerprint density at radius 2 is 1.78 bits per heavy atom. The lowest BCUT2D eigenvalue weighted by molar-refractivity contribution is -0.179. The molecule has 0 amide bonds. The Morgan fingerprint density at radius 3 is 2.28 bits per heavy atom. The van der Waals surface area contributed by atoms with Crippen LogP contribution in [0, 0.1) is 17.8 Å². The van der Waals surface area contributed by atoms with Crippen LogP contribution in [-0.4, -0.2) is 23.5 Å². The van der Waals surface area contributed by atoms with Crippen LogP contribution in [0.3, 0.4) is 0 Å². The maximum absolute atomic E-state index is 11.7. The molecule has 1 fully saturated rings. The van der Waals surface area contributed by atoms with Gasteiger partial charge in [-0.2, -0.15) is 0 Å². The Morgan fingerprint density at radius 1 is 1.22 bits per heavy atom. The van der Waals surface area contributed by atoms with Crippen molar-refractivity contribution < 1.29 is 23.9 Å². The van der Waals surface area contributed by atoms with Crippen LogP contribution in [0.2, 0.25) is 0 Å². The van der Waals surface area contributed by atoms with Gasteiger partial charge in [0.25, 0.3) is 0 Å². The Labute approximate surface area is 107 Å². The molecule has 5 nitrogen and oxygen atoms in total. The zero-order valence-electron chi connectivity index (χ0n) is 11.5. The topological polar surface area (TPSA) is 69.7 Å². The van der Waals surface area contributed by atoms with Crippen LogP contribution in [0.25, 0.3) is 0 Å². The highest BCUT2D eigenvalue weighted by atomic mass is 16.6. The quantitative estimate of drug-likeness (QED) is 0.555. The van der Waals surface area contributed by atoms with Crippen molar-refractivity contribution in [3.63, 3.8) is 0 Å². The summed E-state index contributed by atoms with van der Waals surface area (Å²) in [7, 11) is 0. The average molecular weight is 256 g/mol. The standard InChI is InChI=1S/C13H20O5/c1-7-8(2)11(15)17-12(16)9(7)6-10(14)18-13(3,4)5/h7-9H,6H2,1-5H3. The lowest BCUT2D eigenvalue weighted by Crippen LogP contribution is -2.42. The Kier molecular flexibility index (Phi) is 4.14. The average Bonchev–Trinajstić information content (AvgIpc) is 2.19. The monoisotopic (exact) mass is 256 g/mol. The van der Waals surface area contributed by atoms with Gasteiger partial charge < -0.3 is 9.47 Å². The molecule has 0 spiro atoms. The number of carbonyl (C=O) groups excluding carboxylic acids is 3. The minimum Gasteiger partial charge on any atom is -0.460 e. The summed E-state index contributed by atoms with van der Waals surface area (Å²) in [6.45, 7) is 8.76. The molecule has 1 aliphatic rings. The maximum atomic E-state index is 11.7. The normalized spacial score (nSPS) is 28.8. The second kappa shape index (κ2) is 5.08. The first-order valence-electron chi connectivity index (χ1n) is 6.09. The van der Waals surface area contributed by atoms with Gasteiger partial charge in [0.1, 0.15) is 5.60 Å². The van der Waals surface area contributed by atoms with E-state index in [4.69, 9.17) is 4.74 Å². The first-order valence-corrected chi connectivity index (χ1v) is 6.09. The van der Waals surface area contributed by atoms with E-state index in [-0.39, 0.29) is 18.3 Å².